The van der Waals surface area contributed by atoms with Crippen molar-refractivity contribution in [1.29, 1.82) is 0 Å². The Morgan fingerprint density at radius 3 is 2.56 bits per heavy atom. The number of halogens is 2. The van der Waals surface area contributed by atoms with Gasteiger partial charge in [-0.25, -0.2) is 9.18 Å². The predicted molar refractivity (Wildman–Crippen MR) is 124 cm³/mol. The van der Waals surface area contributed by atoms with Gasteiger partial charge in [-0.1, -0.05) is 40.2 Å². The van der Waals surface area contributed by atoms with E-state index in [1.54, 1.807) is 26.8 Å². The van der Waals surface area contributed by atoms with Gasteiger partial charge in [0.15, 0.2) is 5.78 Å². The van der Waals surface area contributed by atoms with E-state index in [9.17, 15) is 24.6 Å². The number of carbonyl (C=O) groups is 3. The molecular weight excluding hydrogens is 463 g/mol. The van der Waals surface area contributed by atoms with Gasteiger partial charge in [0.05, 0.1) is 11.0 Å². The van der Waals surface area contributed by atoms with Crippen LogP contribution in [0.2, 0.25) is 0 Å². The van der Waals surface area contributed by atoms with Crippen LogP contribution in [-0.4, -0.2) is 50.7 Å². The Balaban J connectivity index is 1.81. The molecule has 4 rings (SSSR count). The highest BCUT2D eigenvalue weighted by Gasteiger charge is 2.77. The highest BCUT2D eigenvalue weighted by molar-refractivity contribution is 6.26. The summed E-state index contributed by atoms with van der Waals surface area (Å²) in [6.07, 6.45) is 3.36. The van der Waals surface area contributed by atoms with Crippen molar-refractivity contribution in [2.45, 2.75) is 89.0 Å². The molecule has 2 N–H and O–H groups in total. The Morgan fingerprint density at radius 1 is 1.26 bits per heavy atom. The van der Waals surface area contributed by atoms with Crippen LogP contribution in [0, 0.1) is 28.6 Å². The maximum atomic E-state index is 15.6. The number of hydrogen-bond acceptors (Lipinski definition) is 5. The van der Waals surface area contributed by atoms with Gasteiger partial charge in [-0.3, -0.25) is 9.59 Å². The zero-order valence-corrected chi connectivity index (χ0v) is 20.9. The van der Waals surface area contributed by atoms with E-state index in [0.717, 1.165) is 6.42 Å². The largest absolute Gasteiger partial charge is 0.478 e. The van der Waals surface area contributed by atoms with Crippen molar-refractivity contribution < 1.29 is 33.7 Å². The molecule has 0 saturated heterocycles. The molecule has 9 atom stereocenters. The third-order valence-electron chi connectivity index (χ3n) is 9.50. The normalized spacial score (nSPS) is 47.3. The molecule has 0 amide bonds. The molecule has 188 valence electrons. The third kappa shape index (κ3) is 3.05. The number of hydrogen-bond donors (Lipinski definition) is 2. The van der Waals surface area contributed by atoms with Crippen LogP contribution in [0.15, 0.2) is 23.8 Å². The SMILES string of the molecule is CCCCC(=O)O[C@]1(C(=O)O)[C@@H](C)C[C@H]2[C@@H]3C[C@H](F)C4=CC(=O)C=C[C@]4(C)[C@@]3(Cl)[C@@H](O)C[C@@]21C. The van der Waals surface area contributed by atoms with Gasteiger partial charge in [-0.2, -0.15) is 0 Å². The van der Waals surface area contributed by atoms with Crippen molar-refractivity contribution in [1.82, 2.24) is 0 Å². The number of unbranched alkanes of at least 4 members (excludes halogenated alkanes) is 1. The number of ketones is 1. The number of aliphatic hydroxyl groups is 1. The summed E-state index contributed by atoms with van der Waals surface area (Å²) in [5, 5.41) is 22.0. The Morgan fingerprint density at radius 2 is 1.94 bits per heavy atom. The lowest BCUT2D eigenvalue weighted by molar-refractivity contribution is -0.213. The van der Waals surface area contributed by atoms with Crippen LogP contribution in [0.3, 0.4) is 0 Å². The maximum absolute atomic E-state index is 15.6. The molecule has 0 heterocycles. The molecule has 0 aromatic rings. The Hall–Kier alpha value is -1.73. The summed E-state index contributed by atoms with van der Waals surface area (Å²) in [5.74, 6) is -3.68. The molecule has 34 heavy (non-hydrogen) atoms. The summed E-state index contributed by atoms with van der Waals surface area (Å²) in [6.45, 7) is 7.16. The van der Waals surface area contributed by atoms with Crippen molar-refractivity contribution in [2.75, 3.05) is 0 Å². The molecule has 3 fully saturated rings. The number of ether oxygens (including phenoxy) is 1. The zero-order valence-electron chi connectivity index (χ0n) is 20.1. The first-order valence-electron chi connectivity index (χ1n) is 12.2. The molecule has 3 saturated carbocycles. The first-order chi connectivity index (χ1) is 15.8. The molecule has 0 aromatic carbocycles. The zero-order chi connectivity index (χ0) is 25.3. The van der Waals surface area contributed by atoms with Gasteiger partial charge in [0.25, 0.3) is 0 Å². The van der Waals surface area contributed by atoms with Gasteiger partial charge in [0.2, 0.25) is 5.60 Å². The first kappa shape index (κ1) is 25.4. The van der Waals surface area contributed by atoms with E-state index in [2.05, 4.69) is 0 Å². The fourth-order valence-electron chi connectivity index (χ4n) is 7.79. The highest BCUT2D eigenvalue weighted by Crippen LogP contribution is 2.72. The molecule has 4 aliphatic carbocycles. The maximum Gasteiger partial charge on any atom is 0.349 e. The van der Waals surface area contributed by atoms with Crippen molar-refractivity contribution in [3.63, 3.8) is 0 Å². The monoisotopic (exact) mass is 496 g/mol. The molecule has 0 spiro atoms. The summed E-state index contributed by atoms with van der Waals surface area (Å²) < 4.78 is 21.4. The number of alkyl halides is 2. The summed E-state index contributed by atoms with van der Waals surface area (Å²) in [6, 6.07) is 0. The van der Waals surface area contributed by atoms with Crippen LogP contribution in [-0.2, 0) is 19.1 Å². The minimum atomic E-state index is -1.84. The molecule has 6 nitrogen and oxygen atoms in total. The number of esters is 1. The Kier molecular flexibility index (Phi) is 6.08. The van der Waals surface area contributed by atoms with E-state index in [4.69, 9.17) is 16.3 Å². The average molecular weight is 497 g/mol. The van der Waals surface area contributed by atoms with Crippen LogP contribution in [0.25, 0.3) is 0 Å². The topological polar surface area (TPSA) is 101 Å². The molecule has 0 aliphatic heterocycles. The van der Waals surface area contributed by atoms with Crippen molar-refractivity contribution >= 4 is 29.3 Å². The molecule has 8 heteroatoms. The van der Waals surface area contributed by atoms with Crippen molar-refractivity contribution in [3.8, 4) is 0 Å². The Bertz CT molecular complexity index is 978. The number of aliphatic hydroxyl groups excluding tert-OH is 1. The van der Waals surface area contributed by atoms with E-state index < -0.39 is 63.3 Å². The summed E-state index contributed by atoms with van der Waals surface area (Å²) >= 11 is 7.30. The number of aliphatic carboxylic acids is 1. The fraction of sp³-hybridized carbons (Fsp3) is 0.731. The van der Waals surface area contributed by atoms with Crippen LogP contribution >= 0.6 is 11.6 Å². The van der Waals surface area contributed by atoms with Gasteiger partial charge in [-0.05, 0) is 55.2 Å². The lowest BCUT2D eigenvalue weighted by Gasteiger charge is -2.64. The van der Waals surface area contributed by atoms with Crippen molar-refractivity contribution in [3.05, 3.63) is 23.8 Å². The predicted octanol–water partition coefficient (Wildman–Crippen LogP) is 4.38. The Labute approximate surface area is 204 Å². The second kappa shape index (κ2) is 8.16. The number of carboxylic acid groups (broad SMARTS) is 1. The van der Waals surface area contributed by atoms with E-state index >= 15 is 4.39 Å². The van der Waals surface area contributed by atoms with Gasteiger partial charge in [-0.15, -0.1) is 11.6 Å². The molecule has 4 aliphatic rings. The molecule has 0 bridgehead atoms. The van der Waals surface area contributed by atoms with Gasteiger partial charge in [0.1, 0.15) is 6.17 Å². The highest BCUT2D eigenvalue weighted by atomic mass is 35.5. The minimum absolute atomic E-state index is 0.0169. The summed E-state index contributed by atoms with van der Waals surface area (Å²) in [7, 11) is 0. The summed E-state index contributed by atoms with van der Waals surface area (Å²) in [4.78, 5) is 36.2. The molecule has 0 radical (unpaired) electrons. The standard InChI is InChI=1S/C26H34ClFO6/c1-5-6-7-21(31)34-26(22(32)33)14(2)10-16-17-12-19(28)18-11-15(29)8-9-23(18,3)25(17,27)20(30)13-24(16,26)4/h8-9,11,14,16-17,19-20,30H,5-7,10,12-13H2,1-4H3,(H,32,33)/t14-,16-,17-,19-,20-,23-,24-,25-,26-/m0/s1. The lowest BCUT2D eigenvalue weighted by atomic mass is 9.45. The van der Waals surface area contributed by atoms with E-state index in [0.29, 0.717) is 12.8 Å². The van der Waals surface area contributed by atoms with Crippen LogP contribution < -0.4 is 0 Å². The van der Waals surface area contributed by atoms with Gasteiger partial charge >= 0.3 is 11.9 Å². The van der Waals surface area contributed by atoms with Crippen LogP contribution in [0.4, 0.5) is 4.39 Å². The van der Waals surface area contributed by atoms with Crippen molar-refractivity contribution in [2.24, 2.45) is 28.6 Å². The minimum Gasteiger partial charge on any atom is -0.478 e. The molecule has 0 aromatic heterocycles. The lowest BCUT2D eigenvalue weighted by Crippen LogP contribution is -2.70. The van der Waals surface area contributed by atoms with Crippen LogP contribution in [0.5, 0.6) is 0 Å². The quantitative estimate of drug-likeness (QED) is 0.433. The average Bonchev–Trinajstić information content (AvgIpc) is 2.98. The fourth-order valence-corrected chi connectivity index (χ4v) is 8.28. The van der Waals surface area contributed by atoms with E-state index in [1.807, 2.05) is 6.92 Å². The smallest absolute Gasteiger partial charge is 0.349 e. The second-order valence-electron chi connectivity index (χ2n) is 11.1. The first-order valence-corrected chi connectivity index (χ1v) is 12.6. The van der Waals surface area contributed by atoms with E-state index in [-0.39, 0.29) is 30.6 Å². The second-order valence-corrected chi connectivity index (χ2v) is 11.7. The number of allylic oxidation sites excluding steroid dienone is 4. The number of carboxylic acids is 1. The number of rotatable bonds is 5. The molecule has 0 unspecified atom stereocenters. The third-order valence-corrected chi connectivity index (χ3v) is 10.4. The van der Waals surface area contributed by atoms with Gasteiger partial charge in [0, 0.05) is 23.2 Å². The van der Waals surface area contributed by atoms with Crippen LogP contribution in [0.1, 0.15) is 66.2 Å². The number of fused-ring (bicyclic) bond motifs is 5. The van der Waals surface area contributed by atoms with Gasteiger partial charge < -0.3 is 14.9 Å². The summed E-state index contributed by atoms with van der Waals surface area (Å²) in [5.41, 5.74) is -3.84. The molecular formula is C26H34ClFO6. The number of carbonyl (C=O) groups excluding carboxylic acids is 2. The van der Waals surface area contributed by atoms with E-state index in [1.165, 1.54) is 12.2 Å².